The zero-order chi connectivity index (χ0) is 9.84. The molecule has 0 saturated carbocycles. The molecule has 2 nitrogen and oxygen atoms in total. The van der Waals surface area contributed by atoms with Crippen molar-refractivity contribution >= 4 is 21.6 Å². The molecule has 1 aromatic carbocycles. The topological polar surface area (TPSA) is 32.3 Å². The van der Waals surface area contributed by atoms with Crippen LogP contribution in [-0.2, 0) is 0 Å². The molecule has 0 amide bonds. The second-order valence-corrected chi connectivity index (χ2v) is 4.16. The van der Waals surface area contributed by atoms with Gasteiger partial charge in [0, 0.05) is 16.7 Å². The third kappa shape index (κ3) is 3.79. The van der Waals surface area contributed by atoms with Crippen molar-refractivity contribution in [2.75, 3.05) is 11.9 Å². The molecule has 0 aromatic heterocycles. The standard InChI is InChI=1S/C10H14BrNO/c1-7-3-9(11)5-10(4-7)12-6-8(2)13/h3-5,8,12-13H,6H2,1-2H3/t8-/m1/s1. The van der Waals surface area contributed by atoms with Gasteiger partial charge in [0.25, 0.3) is 0 Å². The number of hydrogen-bond acceptors (Lipinski definition) is 2. The maximum absolute atomic E-state index is 9.08. The van der Waals surface area contributed by atoms with Crippen LogP contribution in [0.25, 0.3) is 0 Å². The monoisotopic (exact) mass is 243 g/mol. The summed E-state index contributed by atoms with van der Waals surface area (Å²) in [4.78, 5) is 0. The molecule has 13 heavy (non-hydrogen) atoms. The summed E-state index contributed by atoms with van der Waals surface area (Å²) in [5.41, 5.74) is 2.23. The number of aryl methyl sites for hydroxylation is 1. The third-order valence-electron chi connectivity index (χ3n) is 1.64. The Morgan fingerprint density at radius 3 is 2.69 bits per heavy atom. The molecule has 0 unspecified atom stereocenters. The Hall–Kier alpha value is -0.540. The molecule has 0 heterocycles. The second kappa shape index (κ2) is 4.63. The quantitative estimate of drug-likeness (QED) is 0.856. The molecule has 0 radical (unpaired) electrons. The number of anilines is 1. The molecule has 0 spiro atoms. The highest BCUT2D eigenvalue weighted by atomic mass is 79.9. The van der Waals surface area contributed by atoms with Gasteiger partial charge in [0.15, 0.2) is 0 Å². The van der Waals surface area contributed by atoms with Crippen molar-refractivity contribution in [3.05, 3.63) is 28.2 Å². The molecule has 0 aliphatic carbocycles. The van der Waals surface area contributed by atoms with E-state index in [-0.39, 0.29) is 6.10 Å². The molecule has 0 aliphatic rings. The average Bonchev–Trinajstić information content (AvgIpc) is 1.99. The van der Waals surface area contributed by atoms with Crippen molar-refractivity contribution in [3.63, 3.8) is 0 Å². The van der Waals surface area contributed by atoms with Gasteiger partial charge in [0.2, 0.25) is 0 Å². The zero-order valence-corrected chi connectivity index (χ0v) is 9.43. The van der Waals surface area contributed by atoms with Gasteiger partial charge < -0.3 is 10.4 Å². The van der Waals surface area contributed by atoms with Crippen molar-refractivity contribution in [1.82, 2.24) is 0 Å². The smallest absolute Gasteiger partial charge is 0.0684 e. The van der Waals surface area contributed by atoms with E-state index in [1.165, 1.54) is 5.56 Å². The highest BCUT2D eigenvalue weighted by Crippen LogP contribution is 2.18. The minimum atomic E-state index is -0.320. The van der Waals surface area contributed by atoms with Gasteiger partial charge in [-0.15, -0.1) is 0 Å². The van der Waals surface area contributed by atoms with E-state index < -0.39 is 0 Å². The first kappa shape index (κ1) is 10.5. The summed E-state index contributed by atoms with van der Waals surface area (Å²) < 4.78 is 1.06. The molecule has 3 heteroatoms. The molecular formula is C10H14BrNO. The Kier molecular flexibility index (Phi) is 3.75. The predicted molar refractivity (Wildman–Crippen MR) is 59.0 cm³/mol. The highest BCUT2D eigenvalue weighted by molar-refractivity contribution is 9.10. The summed E-state index contributed by atoms with van der Waals surface area (Å²) in [7, 11) is 0. The summed E-state index contributed by atoms with van der Waals surface area (Å²) in [6.07, 6.45) is -0.320. The van der Waals surface area contributed by atoms with Crippen molar-refractivity contribution in [3.8, 4) is 0 Å². The Morgan fingerprint density at radius 2 is 2.15 bits per heavy atom. The van der Waals surface area contributed by atoms with Crippen LogP contribution in [0.3, 0.4) is 0 Å². The largest absolute Gasteiger partial charge is 0.392 e. The lowest BCUT2D eigenvalue weighted by molar-refractivity contribution is 0.208. The summed E-state index contributed by atoms with van der Waals surface area (Å²) in [5.74, 6) is 0. The zero-order valence-electron chi connectivity index (χ0n) is 7.84. The van der Waals surface area contributed by atoms with E-state index in [9.17, 15) is 0 Å². The van der Waals surface area contributed by atoms with Crippen LogP contribution in [0.15, 0.2) is 22.7 Å². The van der Waals surface area contributed by atoms with Gasteiger partial charge in [-0.2, -0.15) is 0 Å². The average molecular weight is 244 g/mol. The molecule has 72 valence electrons. The van der Waals surface area contributed by atoms with Gasteiger partial charge in [0.05, 0.1) is 6.10 Å². The molecule has 0 fully saturated rings. The first-order valence-electron chi connectivity index (χ1n) is 4.27. The van der Waals surface area contributed by atoms with Gasteiger partial charge in [-0.05, 0) is 37.6 Å². The number of aliphatic hydroxyl groups is 1. The normalized spacial score (nSPS) is 12.6. The van der Waals surface area contributed by atoms with Crippen LogP contribution in [0, 0.1) is 6.92 Å². The van der Waals surface area contributed by atoms with Crippen LogP contribution >= 0.6 is 15.9 Å². The maximum atomic E-state index is 9.08. The molecule has 2 N–H and O–H groups in total. The third-order valence-corrected chi connectivity index (χ3v) is 2.10. The SMILES string of the molecule is Cc1cc(Br)cc(NC[C@@H](C)O)c1. The maximum Gasteiger partial charge on any atom is 0.0684 e. The lowest BCUT2D eigenvalue weighted by Gasteiger charge is -2.09. The number of nitrogens with one attached hydrogen (secondary N) is 1. The van der Waals surface area contributed by atoms with Crippen LogP contribution in [0.5, 0.6) is 0 Å². The molecule has 0 saturated heterocycles. The molecule has 1 aromatic rings. The van der Waals surface area contributed by atoms with Crippen LogP contribution < -0.4 is 5.32 Å². The fourth-order valence-electron chi connectivity index (χ4n) is 1.10. The highest BCUT2D eigenvalue weighted by Gasteiger charge is 1.98. The first-order valence-corrected chi connectivity index (χ1v) is 5.06. The molecule has 0 aliphatic heterocycles. The molecule has 1 rings (SSSR count). The predicted octanol–water partition coefficient (Wildman–Crippen LogP) is 2.55. The number of aliphatic hydroxyl groups excluding tert-OH is 1. The van der Waals surface area contributed by atoms with Crippen LogP contribution in [0.2, 0.25) is 0 Å². The van der Waals surface area contributed by atoms with Gasteiger partial charge >= 0.3 is 0 Å². The lowest BCUT2D eigenvalue weighted by atomic mass is 10.2. The summed E-state index contributed by atoms with van der Waals surface area (Å²) in [6.45, 7) is 4.38. The van der Waals surface area contributed by atoms with Crippen LogP contribution in [-0.4, -0.2) is 17.8 Å². The minimum absolute atomic E-state index is 0.320. The van der Waals surface area contributed by atoms with Gasteiger partial charge in [-0.1, -0.05) is 15.9 Å². The molecular weight excluding hydrogens is 230 g/mol. The van der Waals surface area contributed by atoms with E-state index in [4.69, 9.17) is 5.11 Å². The second-order valence-electron chi connectivity index (χ2n) is 3.25. The Morgan fingerprint density at radius 1 is 1.46 bits per heavy atom. The summed E-state index contributed by atoms with van der Waals surface area (Å²) in [5, 5.41) is 12.2. The van der Waals surface area contributed by atoms with E-state index >= 15 is 0 Å². The lowest BCUT2D eigenvalue weighted by Crippen LogP contribution is -2.15. The fraction of sp³-hybridized carbons (Fsp3) is 0.400. The molecule has 0 bridgehead atoms. The van der Waals surface area contributed by atoms with Crippen LogP contribution in [0.4, 0.5) is 5.69 Å². The minimum Gasteiger partial charge on any atom is -0.392 e. The van der Waals surface area contributed by atoms with Crippen LogP contribution in [0.1, 0.15) is 12.5 Å². The van der Waals surface area contributed by atoms with E-state index in [0.717, 1.165) is 10.2 Å². The molecule has 1 atom stereocenters. The number of hydrogen-bond donors (Lipinski definition) is 2. The summed E-state index contributed by atoms with van der Waals surface area (Å²) >= 11 is 3.42. The Balaban J connectivity index is 2.66. The van der Waals surface area contributed by atoms with Crippen molar-refractivity contribution in [1.29, 1.82) is 0 Å². The van der Waals surface area contributed by atoms with Crippen molar-refractivity contribution < 1.29 is 5.11 Å². The van der Waals surface area contributed by atoms with Gasteiger partial charge in [0.1, 0.15) is 0 Å². The summed E-state index contributed by atoms with van der Waals surface area (Å²) in [6, 6.07) is 6.09. The van der Waals surface area contributed by atoms with Crippen molar-refractivity contribution in [2.45, 2.75) is 20.0 Å². The van der Waals surface area contributed by atoms with Crippen molar-refractivity contribution in [2.24, 2.45) is 0 Å². The van der Waals surface area contributed by atoms with E-state index in [1.807, 2.05) is 25.1 Å². The van der Waals surface area contributed by atoms with Gasteiger partial charge in [-0.3, -0.25) is 0 Å². The number of halogens is 1. The van der Waals surface area contributed by atoms with E-state index in [2.05, 4.69) is 21.2 Å². The fourth-order valence-corrected chi connectivity index (χ4v) is 1.71. The van der Waals surface area contributed by atoms with Gasteiger partial charge in [-0.25, -0.2) is 0 Å². The number of benzene rings is 1. The van der Waals surface area contributed by atoms with E-state index in [1.54, 1.807) is 6.92 Å². The number of rotatable bonds is 3. The Labute approximate surface area is 87.1 Å². The first-order chi connectivity index (χ1) is 6.08. The Bertz CT molecular complexity index is 266. The van der Waals surface area contributed by atoms with E-state index in [0.29, 0.717) is 6.54 Å².